The van der Waals surface area contributed by atoms with E-state index in [-0.39, 0.29) is 37.5 Å². The van der Waals surface area contributed by atoms with Crippen LogP contribution >= 0.6 is 0 Å². The van der Waals surface area contributed by atoms with Gasteiger partial charge in [0, 0.05) is 20.1 Å². The summed E-state index contributed by atoms with van der Waals surface area (Å²) in [4.78, 5) is 12.8. The smallest absolute Gasteiger partial charge is 0.316 e. The van der Waals surface area contributed by atoms with Crippen molar-refractivity contribution < 1.29 is 34.4 Å². The Morgan fingerprint density at radius 3 is 2.12 bits per heavy atom. The van der Waals surface area contributed by atoms with E-state index < -0.39 is 0 Å². The maximum atomic E-state index is 13.9. The van der Waals surface area contributed by atoms with Gasteiger partial charge in [-0.05, 0) is 50.8 Å². The topological polar surface area (TPSA) is 54.5 Å². The van der Waals surface area contributed by atoms with Gasteiger partial charge in [-0.1, -0.05) is 53.2 Å². The van der Waals surface area contributed by atoms with Gasteiger partial charge < -0.3 is 10.1 Å². The van der Waals surface area contributed by atoms with Crippen molar-refractivity contribution in [3.05, 3.63) is 90.6 Å². The van der Waals surface area contributed by atoms with Crippen molar-refractivity contribution in [3.63, 3.8) is 0 Å². The summed E-state index contributed by atoms with van der Waals surface area (Å²) >= 11 is 0. The molecule has 0 atom stereocenters. The van der Waals surface area contributed by atoms with Crippen LogP contribution < -0.4 is 0 Å². The van der Waals surface area contributed by atoms with Gasteiger partial charge in [-0.25, -0.2) is 4.39 Å². The van der Waals surface area contributed by atoms with E-state index in [2.05, 4.69) is 53.5 Å². The summed E-state index contributed by atoms with van der Waals surface area (Å²) in [6.45, 7) is 3.00. The van der Waals surface area contributed by atoms with Crippen LogP contribution in [0.5, 0.6) is 0 Å². The summed E-state index contributed by atoms with van der Waals surface area (Å²) in [5, 5.41) is 18.4. The van der Waals surface area contributed by atoms with Gasteiger partial charge in [-0.15, -0.1) is 23.6 Å². The van der Waals surface area contributed by atoms with Gasteiger partial charge in [0.05, 0.1) is 25.0 Å². The molecule has 0 amide bonds. The normalized spacial score (nSPS) is 11.7. The van der Waals surface area contributed by atoms with Crippen molar-refractivity contribution in [2.75, 3.05) is 0 Å². The molecule has 165 valence electrons. The summed E-state index contributed by atoms with van der Waals surface area (Å²) in [5.74, 6) is -0.0628. The second-order valence-corrected chi connectivity index (χ2v) is 7.89. The molecular weight excluding hydrogens is 594 g/mol. The van der Waals surface area contributed by atoms with E-state index in [0.29, 0.717) is 0 Å². The van der Waals surface area contributed by atoms with Gasteiger partial charge in [0.25, 0.3) is 0 Å². The Kier molecular flexibility index (Phi) is 6.11. The number of rotatable bonds is 1. The van der Waals surface area contributed by atoms with Crippen LogP contribution in [-0.4, -0.2) is 20.7 Å². The number of benzene rings is 5. The van der Waals surface area contributed by atoms with E-state index in [1.807, 2.05) is 12.1 Å². The Balaban J connectivity index is 0.000000287. The summed E-state index contributed by atoms with van der Waals surface area (Å²) in [7, 11) is 0. The van der Waals surface area contributed by atoms with Crippen LogP contribution in [0.4, 0.5) is 4.39 Å². The monoisotopic (exact) mass is 614 g/mol. The number of hydrogen-bond donors (Lipinski definition) is 1. The third-order valence-corrected chi connectivity index (χ3v) is 5.62. The van der Waals surface area contributed by atoms with Gasteiger partial charge in [-0.3, -0.25) is 4.79 Å². The molecular formula is C28H20FIrNO2. The molecule has 0 aliphatic heterocycles. The molecule has 0 bridgehead atoms. The summed E-state index contributed by atoms with van der Waals surface area (Å²) in [6.07, 6.45) is 2.57. The first-order chi connectivity index (χ1) is 15.5. The third kappa shape index (κ3) is 3.84. The number of allylic oxidation sites excluding steroid dienone is 2. The predicted octanol–water partition coefficient (Wildman–Crippen LogP) is 7.24. The third-order valence-electron chi connectivity index (χ3n) is 5.62. The minimum Gasteiger partial charge on any atom is -0.512 e. The van der Waals surface area contributed by atoms with Crippen LogP contribution in [0.2, 0.25) is 0 Å². The first-order valence-electron chi connectivity index (χ1n) is 10.3. The summed E-state index contributed by atoms with van der Waals surface area (Å²) in [6, 6.07) is 23.7. The largest absolute Gasteiger partial charge is 0.512 e. The van der Waals surface area contributed by atoms with E-state index in [1.54, 1.807) is 6.07 Å². The first-order valence-corrected chi connectivity index (χ1v) is 10.3. The molecule has 0 aliphatic carbocycles. The standard InChI is InChI=1S/C23H11FN.C5H8O2.Ir/c24-13-11-20-18-9-3-7-16-14-5-1-2-6-15(14)17-8-4-10-19(22(17)21(16)18)23(20)25-12-13;1-4(6)3-5(2)7;/h1-9,11-12H;3,6H,1-2H3;/q-1;;/p+1/b;4-3-;. The molecule has 1 aromatic heterocycles. The molecule has 6 rings (SSSR count). The number of halogens is 1. The molecule has 0 saturated carbocycles. The first kappa shape index (κ1) is 22.8. The molecule has 0 spiro atoms. The van der Waals surface area contributed by atoms with E-state index >= 15 is 0 Å². The van der Waals surface area contributed by atoms with Gasteiger partial charge in [-0.2, -0.15) is 0 Å². The van der Waals surface area contributed by atoms with E-state index in [4.69, 9.17) is 9.90 Å². The number of aliphatic hydroxyl groups excluding tert-OH is 1. The van der Waals surface area contributed by atoms with E-state index in [9.17, 15) is 4.39 Å². The fourth-order valence-corrected chi connectivity index (χ4v) is 4.54. The maximum Gasteiger partial charge on any atom is 0.316 e. The molecule has 2 N–H and O–H groups in total. The van der Waals surface area contributed by atoms with Crippen molar-refractivity contribution in [2.45, 2.75) is 13.8 Å². The zero-order valence-electron chi connectivity index (χ0n) is 18.0. The Bertz CT molecular complexity index is 1690. The Morgan fingerprint density at radius 2 is 1.52 bits per heavy atom. The molecule has 0 fully saturated rings. The van der Waals surface area contributed by atoms with Crippen molar-refractivity contribution in [1.82, 2.24) is 4.98 Å². The predicted molar refractivity (Wildman–Crippen MR) is 131 cm³/mol. The fraction of sp³-hybridized carbons (Fsp3) is 0.0714. The number of pyridine rings is 1. The summed E-state index contributed by atoms with van der Waals surface area (Å²) < 4.78 is 13.9. The molecule has 1 radical (unpaired) electrons. The quantitative estimate of drug-likeness (QED) is 0.0531. The molecule has 33 heavy (non-hydrogen) atoms. The number of nitrogens with zero attached hydrogens (tertiary/aromatic N) is 1. The second-order valence-electron chi connectivity index (χ2n) is 7.89. The van der Waals surface area contributed by atoms with Gasteiger partial charge in [0.15, 0.2) is 0 Å². The number of fused-ring (bicyclic) bond motifs is 6. The molecule has 0 unspecified atom stereocenters. The van der Waals surface area contributed by atoms with Crippen LogP contribution in [0.3, 0.4) is 0 Å². The van der Waals surface area contributed by atoms with Crippen LogP contribution in [0, 0.1) is 11.9 Å². The molecule has 5 aromatic carbocycles. The Hall–Kier alpha value is -3.40. The SMILES string of the molecule is CC(=[OH+])/C=C(/C)O.Fc1cnc2c3[c-]ccc4c5ccccc5c5cccc(c2c1)c5c34.[Ir]. The Labute approximate surface area is 203 Å². The number of carbonyl (C=O) groups excluding carboxylic acids is 1. The van der Waals surface area contributed by atoms with Crippen LogP contribution in [0.1, 0.15) is 13.8 Å². The van der Waals surface area contributed by atoms with Gasteiger partial charge >= 0.3 is 5.78 Å². The molecule has 5 heteroatoms. The van der Waals surface area contributed by atoms with Crippen LogP contribution in [0.15, 0.2) is 78.7 Å². The Morgan fingerprint density at radius 1 is 0.909 bits per heavy atom. The maximum absolute atomic E-state index is 13.9. The fourth-order valence-electron chi connectivity index (χ4n) is 4.54. The molecule has 0 saturated heterocycles. The molecule has 3 nitrogen and oxygen atoms in total. The van der Waals surface area contributed by atoms with Crippen molar-refractivity contribution in [1.29, 1.82) is 0 Å². The van der Waals surface area contributed by atoms with Crippen LogP contribution in [-0.2, 0) is 20.1 Å². The zero-order chi connectivity index (χ0) is 22.4. The molecule has 6 aromatic rings. The zero-order valence-corrected chi connectivity index (χ0v) is 20.4. The van der Waals surface area contributed by atoms with Crippen molar-refractivity contribution in [2.24, 2.45) is 0 Å². The van der Waals surface area contributed by atoms with E-state index in [1.165, 1.54) is 58.4 Å². The van der Waals surface area contributed by atoms with Crippen molar-refractivity contribution in [3.8, 4) is 0 Å². The number of aromatic nitrogens is 1. The average Bonchev–Trinajstić information content (AvgIpc) is 2.78. The van der Waals surface area contributed by atoms with Gasteiger partial charge in [0.1, 0.15) is 5.82 Å². The number of hydrogen-bond acceptors (Lipinski definition) is 2. The molecule has 1 heterocycles. The van der Waals surface area contributed by atoms with Crippen LogP contribution in [0.25, 0.3) is 54.0 Å². The number of ketones is 1. The summed E-state index contributed by atoms with van der Waals surface area (Å²) in [5.41, 5.74) is 0.808. The molecule has 0 aliphatic rings. The minimum atomic E-state index is -0.313. The minimum absolute atomic E-state index is 0. The second kappa shape index (κ2) is 8.86. The average molecular weight is 614 g/mol. The van der Waals surface area contributed by atoms with E-state index in [0.717, 1.165) is 21.7 Å². The van der Waals surface area contributed by atoms with Crippen molar-refractivity contribution >= 4 is 59.8 Å². The van der Waals surface area contributed by atoms with Gasteiger partial charge in [0.2, 0.25) is 0 Å². The number of aliphatic hydroxyl groups is 1.